The van der Waals surface area contributed by atoms with Gasteiger partial charge in [-0.1, -0.05) is 48.5 Å². The van der Waals surface area contributed by atoms with Crippen LogP contribution in [-0.2, 0) is 19.1 Å². The second kappa shape index (κ2) is 8.86. The Balaban J connectivity index is 1.09. The first kappa shape index (κ1) is 21.5. The number of ether oxygens (including phenoxy) is 2. The summed E-state index contributed by atoms with van der Waals surface area (Å²) in [6.07, 6.45) is -0.359. The summed E-state index contributed by atoms with van der Waals surface area (Å²) in [4.78, 5) is 35.9. The second-order valence-corrected chi connectivity index (χ2v) is 8.84. The highest BCUT2D eigenvalue weighted by atomic mass is 16.5. The molecule has 2 aliphatic carbocycles. The van der Waals surface area contributed by atoms with Crippen LogP contribution in [0.15, 0.2) is 48.5 Å². The van der Waals surface area contributed by atoms with Crippen LogP contribution in [-0.4, -0.2) is 55.0 Å². The molecule has 5 rings (SSSR count). The Kier molecular flexibility index (Phi) is 5.76. The van der Waals surface area contributed by atoms with Crippen LogP contribution < -0.4 is 10.6 Å². The molecule has 1 heterocycles. The molecule has 33 heavy (non-hydrogen) atoms. The lowest BCUT2D eigenvalue weighted by atomic mass is 9.98. The number of hydrogen-bond donors (Lipinski definition) is 3. The molecule has 1 aliphatic heterocycles. The van der Waals surface area contributed by atoms with Crippen molar-refractivity contribution in [3.63, 3.8) is 0 Å². The second-order valence-electron chi connectivity index (χ2n) is 8.84. The fraction of sp³-hybridized carbons (Fsp3) is 0.400. The maximum atomic E-state index is 12.4. The first-order valence-electron chi connectivity index (χ1n) is 11.3. The van der Waals surface area contributed by atoms with Crippen molar-refractivity contribution in [2.75, 3.05) is 19.8 Å². The van der Waals surface area contributed by atoms with E-state index in [4.69, 9.17) is 14.6 Å². The molecule has 2 unspecified atom stereocenters. The summed E-state index contributed by atoms with van der Waals surface area (Å²) in [5, 5.41) is 14.7. The van der Waals surface area contributed by atoms with Gasteiger partial charge < -0.3 is 25.2 Å². The predicted octanol–water partition coefficient (Wildman–Crippen LogP) is 2.52. The SMILES string of the molecule is O=C(NCC1CC1C(=O)N[C@@H]1CCO[C@@H]1C(=O)O)OCC1c2ccccc2-c2ccccc21. The molecule has 2 fully saturated rings. The third-order valence-corrected chi connectivity index (χ3v) is 6.77. The van der Waals surface area contributed by atoms with Crippen molar-refractivity contribution in [1.29, 1.82) is 0 Å². The number of nitrogens with one attached hydrogen (secondary N) is 2. The number of fused-ring (bicyclic) bond motifs is 3. The van der Waals surface area contributed by atoms with E-state index in [1.807, 2.05) is 24.3 Å². The molecule has 0 bridgehead atoms. The Bertz CT molecular complexity index is 1040. The number of carboxylic acids is 1. The summed E-state index contributed by atoms with van der Waals surface area (Å²) < 4.78 is 10.7. The number of alkyl carbamates (subject to hydrolysis) is 1. The molecule has 1 saturated heterocycles. The third kappa shape index (κ3) is 4.30. The summed E-state index contributed by atoms with van der Waals surface area (Å²) in [7, 11) is 0. The zero-order valence-electron chi connectivity index (χ0n) is 18.0. The highest BCUT2D eigenvalue weighted by molar-refractivity contribution is 5.83. The van der Waals surface area contributed by atoms with Gasteiger partial charge in [-0.3, -0.25) is 4.79 Å². The molecule has 4 atom stereocenters. The highest BCUT2D eigenvalue weighted by Gasteiger charge is 2.45. The molecule has 0 spiro atoms. The average Bonchev–Trinajstić information content (AvgIpc) is 3.33. The number of amides is 2. The van der Waals surface area contributed by atoms with Gasteiger partial charge in [0.15, 0.2) is 6.10 Å². The van der Waals surface area contributed by atoms with E-state index in [2.05, 4.69) is 34.9 Å². The van der Waals surface area contributed by atoms with E-state index >= 15 is 0 Å². The molecule has 8 heteroatoms. The van der Waals surface area contributed by atoms with Crippen molar-refractivity contribution in [2.45, 2.75) is 30.9 Å². The van der Waals surface area contributed by atoms with Gasteiger partial charge in [-0.25, -0.2) is 9.59 Å². The molecule has 8 nitrogen and oxygen atoms in total. The van der Waals surface area contributed by atoms with Crippen molar-refractivity contribution < 1.29 is 29.0 Å². The number of aliphatic carboxylic acids is 1. The molecule has 0 radical (unpaired) electrons. The number of rotatable bonds is 7. The zero-order valence-corrected chi connectivity index (χ0v) is 18.0. The monoisotopic (exact) mass is 450 g/mol. The molecular weight excluding hydrogens is 424 g/mol. The van der Waals surface area contributed by atoms with E-state index in [-0.39, 0.29) is 30.3 Å². The molecule has 0 aromatic heterocycles. The van der Waals surface area contributed by atoms with Crippen LogP contribution in [0.1, 0.15) is 29.9 Å². The molecular formula is C25H26N2O6. The molecule has 2 aromatic carbocycles. The molecule has 2 amide bonds. The molecule has 1 saturated carbocycles. The van der Waals surface area contributed by atoms with Crippen LogP contribution in [0.5, 0.6) is 0 Å². The van der Waals surface area contributed by atoms with Gasteiger partial charge in [0.05, 0.1) is 6.04 Å². The molecule has 172 valence electrons. The summed E-state index contributed by atoms with van der Waals surface area (Å²) in [5.74, 6) is -1.46. The smallest absolute Gasteiger partial charge is 0.407 e. The van der Waals surface area contributed by atoms with E-state index in [0.29, 0.717) is 26.0 Å². The fourth-order valence-electron chi connectivity index (χ4n) is 4.93. The van der Waals surface area contributed by atoms with Gasteiger partial charge >= 0.3 is 12.1 Å². The minimum Gasteiger partial charge on any atom is -0.479 e. The van der Waals surface area contributed by atoms with E-state index in [9.17, 15) is 14.4 Å². The Morgan fingerprint density at radius 2 is 1.70 bits per heavy atom. The van der Waals surface area contributed by atoms with Crippen molar-refractivity contribution in [1.82, 2.24) is 10.6 Å². The Morgan fingerprint density at radius 1 is 1.03 bits per heavy atom. The maximum absolute atomic E-state index is 12.4. The lowest BCUT2D eigenvalue weighted by molar-refractivity contribution is -0.148. The Labute approximate surface area is 191 Å². The zero-order chi connectivity index (χ0) is 22.9. The lowest BCUT2D eigenvalue weighted by Gasteiger charge is -2.16. The van der Waals surface area contributed by atoms with Crippen molar-refractivity contribution >= 4 is 18.0 Å². The average molecular weight is 450 g/mol. The first-order valence-corrected chi connectivity index (χ1v) is 11.3. The van der Waals surface area contributed by atoms with Crippen molar-refractivity contribution in [3.05, 3.63) is 59.7 Å². The standard InChI is InChI=1S/C25H26N2O6/c28-23(27-21-9-10-32-22(21)24(29)30)19-11-14(19)12-26-25(31)33-13-20-17-7-3-1-5-15(17)16-6-2-4-8-18(16)20/h1-8,14,19-22H,9-13H2,(H,26,31)(H,27,28)(H,29,30)/t14?,19?,21-,22+/m1/s1. The predicted molar refractivity (Wildman–Crippen MR) is 119 cm³/mol. The summed E-state index contributed by atoms with van der Waals surface area (Å²) in [6, 6.07) is 15.8. The van der Waals surface area contributed by atoms with Gasteiger partial charge in [0.2, 0.25) is 5.91 Å². The minimum absolute atomic E-state index is 0.00147. The fourth-order valence-corrected chi connectivity index (χ4v) is 4.93. The Morgan fingerprint density at radius 3 is 2.36 bits per heavy atom. The first-order chi connectivity index (χ1) is 16.0. The van der Waals surface area contributed by atoms with Gasteiger partial charge in [0.1, 0.15) is 6.61 Å². The third-order valence-electron chi connectivity index (χ3n) is 6.77. The number of carbonyl (C=O) groups excluding carboxylic acids is 2. The quantitative estimate of drug-likeness (QED) is 0.597. The van der Waals surface area contributed by atoms with E-state index in [1.165, 1.54) is 11.1 Å². The van der Waals surface area contributed by atoms with Gasteiger partial charge in [-0.2, -0.15) is 0 Å². The van der Waals surface area contributed by atoms with Crippen LogP contribution in [0.4, 0.5) is 4.79 Å². The lowest BCUT2D eigenvalue weighted by Crippen LogP contribution is -2.45. The van der Waals surface area contributed by atoms with Gasteiger partial charge in [0, 0.05) is 25.0 Å². The number of carbonyl (C=O) groups is 3. The molecule has 2 aromatic rings. The van der Waals surface area contributed by atoms with Gasteiger partial charge in [-0.05, 0) is 41.0 Å². The van der Waals surface area contributed by atoms with Crippen molar-refractivity contribution in [2.24, 2.45) is 11.8 Å². The summed E-state index contributed by atoms with van der Waals surface area (Å²) in [6.45, 7) is 0.907. The molecule has 3 N–H and O–H groups in total. The van der Waals surface area contributed by atoms with Crippen LogP contribution >= 0.6 is 0 Å². The van der Waals surface area contributed by atoms with E-state index < -0.39 is 24.2 Å². The van der Waals surface area contributed by atoms with Gasteiger partial charge in [-0.15, -0.1) is 0 Å². The van der Waals surface area contributed by atoms with E-state index in [0.717, 1.165) is 11.1 Å². The van der Waals surface area contributed by atoms with Crippen LogP contribution in [0.3, 0.4) is 0 Å². The Hall–Kier alpha value is -3.39. The van der Waals surface area contributed by atoms with Crippen LogP contribution in [0.25, 0.3) is 11.1 Å². The number of carboxylic acid groups (broad SMARTS) is 1. The van der Waals surface area contributed by atoms with Crippen LogP contribution in [0, 0.1) is 11.8 Å². The largest absolute Gasteiger partial charge is 0.479 e. The minimum atomic E-state index is -1.07. The topological polar surface area (TPSA) is 114 Å². The van der Waals surface area contributed by atoms with Crippen molar-refractivity contribution in [3.8, 4) is 11.1 Å². The molecule has 3 aliphatic rings. The normalized spacial score (nSPS) is 25.1. The van der Waals surface area contributed by atoms with Crippen LogP contribution in [0.2, 0.25) is 0 Å². The number of benzene rings is 2. The van der Waals surface area contributed by atoms with E-state index in [1.54, 1.807) is 0 Å². The maximum Gasteiger partial charge on any atom is 0.407 e. The summed E-state index contributed by atoms with van der Waals surface area (Å²) >= 11 is 0. The highest BCUT2D eigenvalue weighted by Crippen LogP contribution is 2.44. The number of hydrogen-bond acceptors (Lipinski definition) is 5. The van der Waals surface area contributed by atoms with Gasteiger partial charge in [0.25, 0.3) is 0 Å². The summed E-state index contributed by atoms with van der Waals surface area (Å²) in [5.41, 5.74) is 4.65.